The van der Waals surface area contributed by atoms with Gasteiger partial charge in [-0.25, -0.2) is 0 Å². The largest absolute Gasteiger partial charge is 0.480 e. The van der Waals surface area contributed by atoms with Crippen LogP contribution in [0.5, 0.6) is 0 Å². The van der Waals surface area contributed by atoms with Crippen LogP contribution >= 0.6 is 0 Å². The lowest BCUT2D eigenvalue weighted by atomic mass is 9.88. The molecule has 0 radical (unpaired) electrons. The molecule has 8 heteroatoms. The van der Waals surface area contributed by atoms with Crippen molar-refractivity contribution >= 4 is 29.0 Å². The lowest BCUT2D eigenvalue weighted by Crippen LogP contribution is -2.28. The minimum atomic E-state index is -1.01. The number of benzene rings is 1. The van der Waals surface area contributed by atoms with Crippen molar-refractivity contribution in [3.05, 3.63) is 52.2 Å². The maximum atomic E-state index is 13.1. The Kier molecular flexibility index (Phi) is 6.34. The Morgan fingerprint density at radius 2 is 1.93 bits per heavy atom. The number of nitrogens with one attached hydrogen (secondary N) is 3. The summed E-state index contributed by atoms with van der Waals surface area (Å²) < 4.78 is 0. The number of carboxylic acid groups (broad SMARTS) is 1. The topological polar surface area (TPSA) is 143 Å². The second-order valence-electron chi connectivity index (χ2n) is 7.60. The molecule has 1 aliphatic heterocycles. The van der Waals surface area contributed by atoms with Crippen LogP contribution in [0, 0.1) is 10.8 Å². The molecule has 1 aromatic rings. The van der Waals surface area contributed by atoms with Gasteiger partial charge in [-0.15, -0.1) is 0 Å². The van der Waals surface area contributed by atoms with E-state index in [2.05, 4.69) is 10.2 Å². The van der Waals surface area contributed by atoms with Crippen molar-refractivity contribution in [3.63, 3.8) is 0 Å². The van der Waals surface area contributed by atoms with Crippen molar-refractivity contribution in [1.29, 1.82) is 10.8 Å². The fourth-order valence-electron chi connectivity index (χ4n) is 3.99. The highest BCUT2D eigenvalue weighted by Gasteiger charge is 2.26. The number of aliphatic carboxylic acids is 1. The first-order chi connectivity index (χ1) is 14.3. The van der Waals surface area contributed by atoms with Crippen molar-refractivity contribution in [2.45, 2.75) is 32.6 Å². The zero-order chi connectivity index (χ0) is 21.8. The van der Waals surface area contributed by atoms with Gasteiger partial charge >= 0.3 is 5.97 Å². The van der Waals surface area contributed by atoms with E-state index in [0.717, 1.165) is 42.8 Å². The molecule has 0 spiro atoms. The Morgan fingerprint density at radius 3 is 2.57 bits per heavy atom. The molecular weight excluding hydrogens is 382 g/mol. The molecule has 0 aromatic heterocycles. The highest BCUT2D eigenvalue weighted by Crippen LogP contribution is 2.31. The highest BCUT2D eigenvalue weighted by molar-refractivity contribution is 6.10. The number of likely N-dealkylation sites (tertiary alicyclic amines) is 1. The van der Waals surface area contributed by atoms with Crippen molar-refractivity contribution in [1.82, 2.24) is 4.90 Å². The van der Waals surface area contributed by atoms with Gasteiger partial charge in [-0.05, 0) is 49.1 Å². The third-order valence-electron chi connectivity index (χ3n) is 5.50. The van der Waals surface area contributed by atoms with Crippen molar-refractivity contribution in [2.24, 2.45) is 5.73 Å². The number of carbonyl (C=O) groups is 2. The fourth-order valence-corrected chi connectivity index (χ4v) is 3.99. The standard InChI is InChI=1S/C22H27N5O3/c1-13-14(4-7-18(23)21(13)27-8-2-3-9-27)10-19(28)16-6-5-15(26-12-20(29)30)11-17(16)22(24)25/h4-6,11,23,26H,2-3,7-10,12H2,1H3,(H3,24,25)(H,29,30). The van der Waals surface area contributed by atoms with E-state index in [0.29, 0.717) is 23.4 Å². The van der Waals surface area contributed by atoms with Crippen LogP contribution in [0.25, 0.3) is 0 Å². The molecule has 1 aliphatic carbocycles. The molecule has 1 saturated heterocycles. The molecule has 0 amide bonds. The van der Waals surface area contributed by atoms with Crippen molar-refractivity contribution < 1.29 is 14.7 Å². The number of Topliss-reactive ketones (excluding diaryl/α,β-unsaturated/α-hetero) is 1. The first kappa shape index (κ1) is 21.3. The molecule has 158 valence electrons. The molecule has 1 heterocycles. The predicted molar refractivity (Wildman–Crippen MR) is 116 cm³/mol. The first-order valence-electron chi connectivity index (χ1n) is 9.98. The molecule has 1 aromatic carbocycles. The summed E-state index contributed by atoms with van der Waals surface area (Å²) >= 11 is 0. The van der Waals surface area contributed by atoms with Gasteiger partial charge in [0.05, 0.1) is 11.4 Å². The fraction of sp³-hybridized carbons (Fsp3) is 0.364. The molecule has 0 unspecified atom stereocenters. The molecule has 30 heavy (non-hydrogen) atoms. The third-order valence-corrected chi connectivity index (χ3v) is 5.50. The van der Waals surface area contributed by atoms with E-state index in [9.17, 15) is 9.59 Å². The van der Waals surface area contributed by atoms with E-state index >= 15 is 0 Å². The predicted octanol–water partition coefficient (Wildman–Crippen LogP) is 2.76. The zero-order valence-corrected chi connectivity index (χ0v) is 17.0. The van der Waals surface area contributed by atoms with Crippen LogP contribution in [0.2, 0.25) is 0 Å². The number of ketones is 1. The van der Waals surface area contributed by atoms with Gasteiger partial charge in [-0.1, -0.05) is 6.08 Å². The number of nitrogens with zero attached hydrogens (tertiary/aromatic N) is 1. The first-order valence-corrected chi connectivity index (χ1v) is 9.98. The molecule has 0 atom stereocenters. The summed E-state index contributed by atoms with van der Waals surface area (Å²) in [5.74, 6) is -1.42. The van der Waals surface area contributed by atoms with Gasteiger partial charge in [0.25, 0.3) is 0 Å². The van der Waals surface area contributed by atoms with Crippen LogP contribution in [-0.4, -0.2) is 52.9 Å². The number of allylic oxidation sites excluding steroid dienone is 4. The Morgan fingerprint density at radius 1 is 1.23 bits per heavy atom. The molecule has 8 nitrogen and oxygen atoms in total. The second kappa shape index (κ2) is 8.94. The Bertz CT molecular complexity index is 971. The van der Waals surface area contributed by atoms with Crippen LogP contribution in [0.15, 0.2) is 41.1 Å². The number of anilines is 1. The van der Waals surface area contributed by atoms with Gasteiger partial charge in [0, 0.05) is 42.7 Å². The summed E-state index contributed by atoms with van der Waals surface area (Å²) in [5, 5.41) is 27.7. The summed E-state index contributed by atoms with van der Waals surface area (Å²) in [7, 11) is 0. The van der Waals surface area contributed by atoms with Gasteiger partial charge in [0.1, 0.15) is 12.4 Å². The van der Waals surface area contributed by atoms with Crippen LogP contribution in [-0.2, 0) is 4.79 Å². The van der Waals surface area contributed by atoms with Crippen molar-refractivity contribution in [2.75, 3.05) is 25.0 Å². The number of hydrogen-bond donors (Lipinski definition) is 5. The van der Waals surface area contributed by atoms with Gasteiger partial charge in [-0.3, -0.25) is 15.0 Å². The van der Waals surface area contributed by atoms with E-state index in [-0.39, 0.29) is 30.1 Å². The average Bonchev–Trinajstić information content (AvgIpc) is 3.22. The van der Waals surface area contributed by atoms with E-state index in [1.165, 1.54) is 6.07 Å². The molecule has 1 fully saturated rings. The summed E-state index contributed by atoms with van der Waals surface area (Å²) in [5.41, 5.74) is 10.2. The number of nitrogens with two attached hydrogens (primary N) is 1. The van der Waals surface area contributed by atoms with Crippen LogP contribution < -0.4 is 11.1 Å². The minimum absolute atomic E-state index is 0.162. The van der Waals surface area contributed by atoms with Gasteiger partial charge in [-0.2, -0.15) is 0 Å². The summed E-state index contributed by atoms with van der Waals surface area (Å²) in [4.78, 5) is 26.1. The lowest BCUT2D eigenvalue weighted by molar-refractivity contribution is -0.134. The smallest absolute Gasteiger partial charge is 0.322 e. The normalized spacial score (nSPS) is 16.5. The van der Waals surface area contributed by atoms with Crippen molar-refractivity contribution in [3.8, 4) is 0 Å². The Balaban J connectivity index is 1.83. The maximum absolute atomic E-state index is 13.1. The zero-order valence-electron chi connectivity index (χ0n) is 17.0. The third kappa shape index (κ3) is 4.59. The number of hydrogen-bond acceptors (Lipinski definition) is 6. The average molecular weight is 409 g/mol. The monoisotopic (exact) mass is 409 g/mol. The molecule has 6 N–H and O–H groups in total. The van der Waals surface area contributed by atoms with E-state index in [4.69, 9.17) is 21.7 Å². The maximum Gasteiger partial charge on any atom is 0.322 e. The minimum Gasteiger partial charge on any atom is -0.480 e. The molecule has 2 aliphatic rings. The summed E-state index contributed by atoms with van der Waals surface area (Å²) in [6.45, 7) is 3.57. The number of carboxylic acids is 1. The Labute approximate surface area is 175 Å². The second-order valence-corrected chi connectivity index (χ2v) is 7.60. The van der Waals surface area contributed by atoms with Crippen LogP contribution in [0.3, 0.4) is 0 Å². The number of nitrogen functional groups attached to an aromatic ring is 1. The highest BCUT2D eigenvalue weighted by atomic mass is 16.4. The van der Waals surface area contributed by atoms with Gasteiger partial charge in [0.15, 0.2) is 5.78 Å². The van der Waals surface area contributed by atoms with E-state index in [1.807, 2.05) is 13.0 Å². The quantitative estimate of drug-likeness (QED) is 0.254. The summed E-state index contributed by atoms with van der Waals surface area (Å²) in [6.07, 6.45) is 4.84. The number of rotatable bonds is 8. The number of amidine groups is 1. The van der Waals surface area contributed by atoms with E-state index in [1.54, 1.807) is 12.1 Å². The summed E-state index contributed by atoms with van der Waals surface area (Å²) in [6, 6.07) is 4.73. The van der Waals surface area contributed by atoms with Crippen LogP contribution in [0.1, 0.15) is 48.5 Å². The number of carbonyl (C=O) groups excluding carboxylic acids is 1. The van der Waals surface area contributed by atoms with Gasteiger partial charge < -0.3 is 26.5 Å². The van der Waals surface area contributed by atoms with E-state index < -0.39 is 5.97 Å². The molecule has 3 rings (SSSR count). The molecule has 0 bridgehead atoms. The lowest BCUT2D eigenvalue weighted by Gasteiger charge is -2.28. The molecular formula is C22H27N5O3. The Hall–Kier alpha value is -3.42. The van der Waals surface area contributed by atoms with Crippen LogP contribution in [0.4, 0.5) is 5.69 Å². The van der Waals surface area contributed by atoms with Gasteiger partial charge in [0.2, 0.25) is 0 Å². The SMILES string of the molecule is CC1=C(N2CCCC2)C(=N)CC=C1CC(=O)c1ccc(NCC(=O)O)cc1C(=N)N. The molecule has 0 saturated carbocycles.